The normalized spacial score (nSPS) is 12.8. The summed E-state index contributed by atoms with van der Waals surface area (Å²) in [5.41, 5.74) is 0. The molecule has 5 heteroatoms. The van der Waals surface area contributed by atoms with Gasteiger partial charge in [0.15, 0.2) is 5.03 Å². The lowest BCUT2D eigenvalue weighted by Gasteiger charge is -2.09. The standard InChI is InChI=1S/C4H9ClN2O2/c1-3-4(2)6(5)7(8)9/h4H,3H2,1-2H3. The Morgan fingerprint density at radius 2 is 2.33 bits per heavy atom. The van der Waals surface area contributed by atoms with Crippen LogP contribution in [0.4, 0.5) is 0 Å². The number of hydrogen-bond donors (Lipinski definition) is 0. The SMILES string of the molecule is CCC(C)N(Cl)[N+](=O)[O-]. The van der Waals surface area contributed by atoms with E-state index in [0.717, 1.165) is 0 Å². The maximum Gasteiger partial charge on any atom is 0.176 e. The van der Waals surface area contributed by atoms with Crippen molar-refractivity contribution in [2.75, 3.05) is 0 Å². The van der Waals surface area contributed by atoms with Crippen molar-refractivity contribution in [1.82, 2.24) is 4.53 Å². The van der Waals surface area contributed by atoms with Gasteiger partial charge in [-0.2, -0.15) is 0 Å². The summed E-state index contributed by atoms with van der Waals surface area (Å²) in [7, 11) is 0. The van der Waals surface area contributed by atoms with Crippen LogP contribution in [0.3, 0.4) is 0 Å². The van der Waals surface area contributed by atoms with Gasteiger partial charge in [-0.3, -0.25) is 0 Å². The van der Waals surface area contributed by atoms with E-state index in [1.807, 2.05) is 6.92 Å². The Hall–Kier alpha value is -0.510. The number of hydrogen-bond acceptors (Lipinski definition) is 2. The highest BCUT2D eigenvalue weighted by Gasteiger charge is 2.17. The summed E-state index contributed by atoms with van der Waals surface area (Å²) in [5, 5.41) is 9.27. The van der Waals surface area contributed by atoms with Crippen molar-refractivity contribution in [2.45, 2.75) is 26.3 Å². The predicted octanol–water partition coefficient (Wildman–Crippen LogP) is 1.43. The molecule has 0 aromatic rings. The van der Waals surface area contributed by atoms with Gasteiger partial charge in [-0.1, -0.05) is 6.92 Å². The third kappa shape index (κ3) is 2.51. The third-order valence-corrected chi connectivity index (χ3v) is 1.57. The molecular weight excluding hydrogens is 144 g/mol. The van der Waals surface area contributed by atoms with E-state index in [9.17, 15) is 10.1 Å². The van der Waals surface area contributed by atoms with Crippen molar-refractivity contribution in [3.8, 4) is 0 Å². The summed E-state index contributed by atoms with van der Waals surface area (Å²) < 4.78 is 0.583. The zero-order chi connectivity index (χ0) is 7.44. The van der Waals surface area contributed by atoms with Crippen LogP contribution in [0.5, 0.6) is 0 Å². The van der Waals surface area contributed by atoms with Crippen LogP contribution in [0.25, 0.3) is 0 Å². The number of nitrogens with zero attached hydrogens (tertiary/aromatic N) is 2. The molecule has 0 aromatic carbocycles. The lowest BCUT2D eigenvalue weighted by molar-refractivity contribution is -0.629. The molecule has 0 fully saturated rings. The van der Waals surface area contributed by atoms with Crippen LogP contribution in [-0.4, -0.2) is 15.6 Å². The van der Waals surface area contributed by atoms with Gasteiger partial charge in [0.05, 0.1) is 11.8 Å². The molecular formula is C4H9ClN2O2. The molecule has 0 spiro atoms. The monoisotopic (exact) mass is 152 g/mol. The first kappa shape index (κ1) is 8.49. The second-order valence-electron chi connectivity index (χ2n) is 1.78. The van der Waals surface area contributed by atoms with E-state index < -0.39 is 5.03 Å². The summed E-state index contributed by atoms with van der Waals surface area (Å²) >= 11 is 5.20. The molecule has 0 saturated carbocycles. The van der Waals surface area contributed by atoms with Crippen molar-refractivity contribution in [3.63, 3.8) is 0 Å². The first-order chi connectivity index (χ1) is 4.09. The van der Waals surface area contributed by atoms with Crippen LogP contribution in [-0.2, 0) is 0 Å². The van der Waals surface area contributed by atoms with E-state index in [-0.39, 0.29) is 6.04 Å². The van der Waals surface area contributed by atoms with Crippen LogP contribution in [0.15, 0.2) is 0 Å². The molecule has 9 heavy (non-hydrogen) atoms. The van der Waals surface area contributed by atoms with Crippen molar-refractivity contribution in [2.24, 2.45) is 0 Å². The second-order valence-corrected chi connectivity index (χ2v) is 2.13. The Morgan fingerprint density at radius 3 is 2.44 bits per heavy atom. The zero-order valence-electron chi connectivity index (χ0n) is 5.37. The van der Waals surface area contributed by atoms with Crippen LogP contribution >= 0.6 is 11.8 Å². The maximum absolute atomic E-state index is 9.90. The predicted molar refractivity (Wildman–Crippen MR) is 34.4 cm³/mol. The summed E-state index contributed by atoms with van der Waals surface area (Å²) in [4.78, 5) is 9.90. The summed E-state index contributed by atoms with van der Waals surface area (Å²) in [5.74, 6) is 0. The van der Waals surface area contributed by atoms with E-state index in [4.69, 9.17) is 11.8 Å². The fourth-order valence-corrected chi connectivity index (χ4v) is 0.450. The van der Waals surface area contributed by atoms with Gasteiger partial charge < -0.3 is 0 Å². The minimum atomic E-state index is -0.629. The van der Waals surface area contributed by atoms with Crippen molar-refractivity contribution >= 4 is 11.8 Å². The highest BCUT2D eigenvalue weighted by atomic mass is 35.5. The average molecular weight is 153 g/mol. The molecule has 0 radical (unpaired) electrons. The fraction of sp³-hybridized carbons (Fsp3) is 1.00. The van der Waals surface area contributed by atoms with Crippen LogP contribution in [0.1, 0.15) is 20.3 Å². The Bertz CT molecular complexity index is 109. The van der Waals surface area contributed by atoms with Crippen LogP contribution < -0.4 is 0 Å². The average Bonchev–Trinajstić information content (AvgIpc) is 1.84. The minimum Gasteiger partial charge on any atom is -0.234 e. The highest BCUT2D eigenvalue weighted by molar-refractivity contribution is 6.12. The van der Waals surface area contributed by atoms with E-state index in [2.05, 4.69) is 0 Å². The van der Waals surface area contributed by atoms with Crippen LogP contribution in [0, 0.1) is 10.1 Å². The quantitative estimate of drug-likeness (QED) is 0.349. The summed E-state index contributed by atoms with van der Waals surface area (Å²) in [6.07, 6.45) is 0.671. The topological polar surface area (TPSA) is 46.4 Å². The summed E-state index contributed by atoms with van der Waals surface area (Å²) in [6, 6.07) is -0.207. The molecule has 1 atom stereocenters. The van der Waals surface area contributed by atoms with Gasteiger partial charge in [-0.15, -0.1) is 0 Å². The fourth-order valence-electron chi connectivity index (χ4n) is 0.312. The first-order valence-corrected chi connectivity index (χ1v) is 3.02. The summed E-state index contributed by atoms with van der Waals surface area (Å²) in [6.45, 7) is 3.53. The minimum absolute atomic E-state index is 0.207. The van der Waals surface area contributed by atoms with Gasteiger partial charge >= 0.3 is 0 Å². The maximum atomic E-state index is 9.90. The second kappa shape index (κ2) is 3.50. The van der Waals surface area contributed by atoms with Gasteiger partial charge in [-0.25, -0.2) is 10.1 Å². The molecule has 0 aliphatic heterocycles. The Balaban J connectivity index is 3.72. The molecule has 4 nitrogen and oxygen atoms in total. The number of rotatable bonds is 3. The molecule has 0 aliphatic rings. The van der Waals surface area contributed by atoms with E-state index in [0.29, 0.717) is 10.9 Å². The van der Waals surface area contributed by atoms with Gasteiger partial charge in [0.25, 0.3) is 0 Å². The Labute approximate surface area is 58.6 Å². The Kier molecular flexibility index (Phi) is 3.30. The number of nitro groups is 1. The lowest BCUT2D eigenvalue weighted by Crippen LogP contribution is -2.28. The van der Waals surface area contributed by atoms with Gasteiger partial charge in [0.1, 0.15) is 6.04 Å². The molecule has 0 heterocycles. The van der Waals surface area contributed by atoms with Gasteiger partial charge in [0, 0.05) is 0 Å². The van der Waals surface area contributed by atoms with Gasteiger partial charge in [0.2, 0.25) is 0 Å². The van der Waals surface area contributed by atoms with Crippen molar-refractivity contribution in [1.29, 1.82) is 0 Å². The van der Waals surface area contributed by atoms with E-state index >= 15 is 0 Å². The Morgan fingerprint density at radius 1 is 1.89 bits per heavy atom. The molecule has 0 amide bonds. The molecule has 1 unspecified atom stereocenters. The zero-order valence-corrected chi connectivity index (χ0v) is 6.13. The van der Waals surface area contributed by atoms with Crippen molar-refractivity contribution in [3.05, 3.63) is 10.1 Å². The molecule has 0 N–H and O–H groups in total. The van der Waals surface area contributed by atoms with Crippen molar-refractivity contribution < 1.29 is 5.03 Å². The van der Waals surface area contributed by atoms with Gasteiger partial charge in [-0.05, 0) is 17.9 Å². The lowest BCUT2D eigenvalue weighted by atomic mass is 10.3. The molecule has 0 bridgehead atoms. The smallest absolute Gasteiger partial charge is 0.176 e. The molecule has 0 aliphatic carbocycles. The highest BCUT2D eigenvalue weighted by Crippen LogP contribution is 2.05. The molecule has 0 rings (SSSR count). The van der Waals surface area contributed by atoms with Crippen LogP contribution in [0.2, 0.25) is 0 Å². The molecule has 0 saturated heterocycles. The van der Waals surface area contributed by atoms with E-state index in [1.165, 1.54) is 0 Å². The molecule has 0 aromatic heterocycles. The number of hydrazine groups is 1. The molecule has 54 valence electrons. The largest absolute Gasteiger partial charge is 0.234 e. The number of halogens is 1. The first-order valence-electron chi connectivity index (χ1n) is 2.69. The third-order valence-electron chi connectivity index (χ3n) is 1.11. The van der Waals surface area contributed by atoms with E-state index in [1.54, 1.807) is 6.92 Å².